The van der Waals surface area contributed by atoms with Gasteiger partial charge in [-0.1, -0.05) is 57.0 Å². The van der Waals surface area contributed by atoms with E-state index in [-0.39, 0.29) is 5.41 Å². The van der Waals surface area contributed by atoms with Crippen molar-refractivity contribution in [2.75, 3.05) is 6.61 Å². The average molecular weight is 276 g/mol. The Morgan fingerprint density at radius 3 is 2.50 bits per heavy atom. The maximum atomic E-state index is 11.3. The van der Waals surface area contributed by atoms with Crippen molar-refractivity contribution in [2.45, 2.75) is 59.5 Å². The molecular weight excluding hydrogens is 248 g/mol. The number of ether oxygens (including phenoxy) is 1. The summed E-state index contributed by atoms with van der Waals surface area (Å²) in [7, 11) is 0. The van der Waals surface area contributed by atoms with Crippen LogP contribution in [0.4, 0.5) is 0 Å². The molecule has 0 amide bonds. The predicted octanol–water partition coefficient (Wildman–Crippen LogP) is 4.77. The first kappa shape index (κ1) is 16.9. The number of benzene rings is 1. The van der Waals surface area contributed by atoms with Crippen molar-refractivity contribution in [1.82, 2.24) is 0 Å². The van der Waals surface area contributed by atoms with Crippen LogP contribution in [0.3, 0.4) is 0 Å². The van der Waals surface area contributed by atoms with Crippen molar-refractivity contribution in [3.05, 3.63) is 35.9 Å². The molecule has 1 unspecified atom stereocenters. The van der Waals surface area contributed by atoms with E-state index in [0.29, 0.717) is 18.8 Å². The number of carbonyl (C=O) groups excluding carboxylic acids is 1. The van der Waals surface area contributed by atoms with Crippen molar-refractivity contribution in [3.63, 3.8) is 0 Å². The molecule has 0 bridgehead atoms. The smallest absolute Gasteiger partial charge is 0.130 e. The van der Waals surface area contributed by atoms with Crippen LogP contribution in [-0.2, 0) is 16.1 Å². The molecule has 0 saturated heterocycles. The summed E-state index contributed by atoms with van der Waals surface area (Å²) in [5, 5.41) is 0. The monoisotopic (exact) mass is 276 g/mol. The molecular formula is C18H28O2. The van der Waals surface area contributed by atoms with Crippen LogP contribution in [0, 0.1) is 5.41 Å². The van der Waals surface area contributed by atoms with Crippen LogP contribution < -0.4 is 0 Å². The molecule has 1 rings (SSSR count). The molecule has 0 radical (unpaired) electrons. The molecule has 0 aliphatic carbocycles. The Morgan fingerprint density at radius 2 is 1.90 bits per heavy atom. The Kier molecular flexibility index (Phi) is 7.53. The number of hydrogen-bond acceptors (Lipinski definition) is 2. The highest BCUT2D eigenvalue weighted by molar-refractivity contribution is 5.76. The van der Waals surface area contributed by atoms with Gasteiger partial charge in [0.1, 0.15) is 5.78 Å². The van der Waals surface area contributed by atoms with Crippen molar-refractivity contribution in [3.8, 4) is 0 Å². The fourth-order valence-electron chi connectivity index (χ4n) is 2.51. The number of hydrogen-bond donors (Lipinski definition) is 0. The molecule has 0 aromatic heterocycles. The van der Waals surface area contributed by atoms with Gasteiger partial charge in [-0.3, -0.25) is 0 Å². The summed E-state index contributed by atoms with van der Waals surface area (Å²) >= 11 is 0. The maximum absolute atomic E-state index is 11.3. The maximum Gasteiger partial charge on any atom is 0.130 e. The van der Waals surface area contributed by atoms with Gasteiger partial charge in [-0.25, -0.2) is 0 Å². The summed E-state index contributed by atoms with van der Waals surface area (Å²) in [5.74, 6) is 0.301. The fraction of sp³-hybridized carbons (Fsp3) is 0.611. The summed E-state index contributed by atoms with van der Waals surface area (Å²) in [6, 6.07) is 10.3. The minimum absolute atomic E-state index is 0.172. The molecule has 1 aromatic carbocycles. The van der Waals surface area contributed by atoms with Crippen LogP contribution in [0.2, 0.25) is 0 Å². The number of unbranched alkanes of at least 4 members (excludes halogenated alkanes) is 1. The largest absolute Gasteiger partial charge is 0.377 e. The van der Waals surface area contributed by atoms with Gasteiger partial charge in [-0.2, -0.15) is 0 Å². The molecule has 0 aliphatic rings. The van der Waals surface area contributed by atoms with Crippen molar-refractivity contribution in [1.29, 1.82) is 0 Å². The molecule has 0 aliphatic heterocycles. The van der Waals surface area contributed by atoms with Crippen LogP contribution in [0.5, 0.6) is 0 Å². The minimum Gasteiger partial charge on any atom is -0.377 e. The highest BCUT2D eigenvalue weighted by Gasteiger charge is 2.23. The molecule has 1 atom stereocenters. The van der Waals surface area contributed by atoms with E-state index < -0.39 is 0 Å². The number of carbonyl (C=O) groups is 1. The average Bonchev–Trinajstić information content (AvgIpc) is 2.43. The van der Waals surface area contributed by atoms with Gasteiger partial charge in [0, 0.05) is 13.0 Å². The third kappa shape index (κ3) is 6.85. The Labute approximate surface area is 123 Å². The van der Waals surface area contributed by atoms with E-state index in [1.165, 1.54) is 5.56 Å². The van der Waals surface area contributed by atoms with E-state index >= 15 is 0 Å². The Bertz CT molecular complexity index is 386. The van der Waals surface area contributed by atoms with Gasteiger partial charge in [0.15, 0.2) is 0 Å². The lowest BCUT2D eigenvalue weighted by Gasteiger charge is -2.27. The van der Waals surface area contributed by atoms with E-state index in [4.69, 9.17) is 4.74 Å². The molecule has 2 nitrogen and oxygen atoms in total. The predicted molar refractivity (Wildman–Crippen MR) is 83.6 cm³/mol. The van der Waals surface area contributed by atoms with Gasteiger partial charge in [0.05, 0.1) is 6.61 Å². The topological polar surface area (TPSA) is 26.3 Å². The standard InChI is InChI=1S/C18H28O2/c1-4-18(3,14-16(2)19)12-8-9-13-20-15-17-10-6-5-7-11-17/h5-7,10-11H,4,8-9,12-15H2,1-3H3. The zero-order chi connectivity index (χ0) is 14.8. The molecule has 1 aromatic rings. The van der Waals surface area contributed by atoms with Crippen LogP contribution >= 0.6 is 0 Å². The summed E-state index contributed by atoms with van der Waals surface area (Å²) in [6.07, 6.45) is 5.08. The Balaban J connectivity index is 2.13. The van der Waals surface area contributed by atoms with Gasteiger partial charge in [-0.15, -0.1) is 0 Å². The molecule has 112 valence electrons. The molecule has 0 saturated carbocycles. The van der Waals surface area contributed by atoms with Gasteiger partial charge in [-0.05, 0) is 30.7 Å². The lowest BCUT2D eigenvalue weighted by molar-refractivity contribution is -0.119. The Hall–Kier alpha value is -1.15. The highest BCUT2D eigenvalue weighted by atomic mass is 16.5. The lowest BCUT2D eigenvalue weighted by atomic mass is 9.78. The van der Waals surface area contributed by atoms with Crippen molar-refractivity contribution in [2.24, 2.45) is 5.41 Å². The van der Waals surface area contributed by atoms with Crippen LogP contribution in [0.1, 0.15) is 58.4 Å². The molecule has 0 fully saturated rings. The third-order valence-corrected chi connectivity index (χ3v) is 3.96. The second-order valence-corrected chi connectivity index (χ2v) is 6.04. The summed E-state index contributed by atoms with van der Waals surface area (Å²) in [5.41, 5.74) is 1.40. The minimum atomic E-state index is 0.172. The first-order chi connectivity index (χ1) is 9.56. The summed E-state index contributed by atoms with van der Waals surface area (Å²) in [6.45, 7) is 7.58. The quantitative estimate of drug-likeness (QED) is 0.575. The van der Waals surface area contributed by atoms with Crippen molar-refractivity contribution < 1.29 is 9.53 Å². The van der Waals surface area contributed by atoms with E-state index in [2.05, 4.69) is 26.0 Å². The molecule has 0 spiro atoms. The van der Waals surface area contributed by atoms with Crippen LogP contribution in [-0.4, -0.2) is 12.4 Å². The second-order valence-electron chi connectivity index (χ2n) is 6.04. The zero-order valence-electron chi connectivity index (χ0n) is 13.2. The van der Waals surface area contributed by atoms with Gasteiger partial charge in [0.2, 0.25) is 0 Å². The Morgan fingerprint density at radius 1 is 1.20 bits per heavy atom. The van der Waals surface area contributed by atoms with Gasteiger partial charge in [0.25, 0.3) is 0 Å². The number of ketones is 1. The van der Waals surface area contributed by atoms with Crippen LogP contribution in [0.25, 0.3) is 0 Å². The lowest BCUT2D eigenvalue weighted by Crippen LogP contribution is -2.19. The SMILES string of the molecule is CCC(C)(CCCCOCc1ccccc1)CC(C)=O. The van der Waals surface area contributed by atoms with E-state index in [1.807, 2.05) is 18.2 Å². The van der Waals surface area contributed by atoms with E-state index in [0.717, 1.165) is 32.3 Å². The third-order valence-electron chi connectivity index (χ3n) is 3.96. The molecule has 2 heteroatoms. The van der Waals surface area contributed by atoms with Gasteiger partial charge >= 0.3 is 0 Å². The second kappa shape index (κ2) is 8.91. The first-order valence-corrected chi connectivity index (χ1v) is 7.67. The molecule has 20 heavy (non-hydrogen) atoms. The van der Waals surface area contributed by atoms with Crippen molar-refractivity contribution >= 4 is 5.78 Å². The summed E-state index contributed by atoms with van der Waals surface area (Å²) in [4.78, 5) is 11.3. The normalized spacial score (nSPS) is 13.9. The fourth-order valence-corrected chi connectivity index (χ4v) is 2.51. The zero-order valence-corrected chi connectivity index (χ0v) is 13.2. The first-order valence-electron chi connectivity index (χ1n) is 7.67. The molecule has 0 N–H and O–H groups in total. The van der Waals surface area contributed by atoms with Crippen LogP contribution in [0.15, 0.2) is 30.3 Å². The highest BCUT2D eigenvalue weighted by Crippen LogP contribution is 2.32. The van der Waals surface area contributed by atoms with Gasteiger partial charge < -0.3 is 9.53 Å². The number of rotatable bonds is 10. The molecule has 0 heterocycles. The van der Waals surface area contributed by atoms with E-state index in [9.17, 15) is 4.79 Å². The number of Topliss-reactive ketones (excluding diaryl/α,β-unsaturated/α-hetero) is 1. The summed E-state index contributed by atoms with van der Waals surface area (Å²) < 4.78 is 5.68. The van der Waals surface area contributed by atoms with E-state index in [1.54, 1.807) is 6.92 Å².